The number of anilines is 1. The highest BCUT2D eigenvalue weighted by atomic mass is 32.2. The number of aryl methyl sites for hydroxylation is 1. The van der Waals surface area contributed by atoms with Crippen LogP contribution in [-0.4, -0.2) is 33.9 Å². The molecule has 5 rings (SSSR count). The number of amides is 2. The van der Waals surface area contributed by atoms with Crippen LogP contribution in [0.4, 0.5) is 20.2 Å². The van der Waals surface area contributed by atoms with Crippen LogP contribution in [0.2, 0.25) is 0 Å². The number of fused-ring (bicyclic) bond motifs is 1. The second-order valence-electron chi connectivity index (χ2n) is 8.28. The Kier molecular flexibility index (Phi) is 6.60. The number of hydrogen-bond acceptors (Lipinski definition) is 6. The third-order valence-electron chi connectivity index (χ3n) is 5.71. The molecule has 2 heterocycles. The quantitative estimate of drug-likeness (QED) is 0.497. The zero-order valence-electron chi connectivity index (χ0n) is 19.2. The molecule has 1 saturated heterocycles. The van der Waals surface area contributed by atoms with Crippen LogP contribution in [0.25, 0.3) is 0 Å². The van der Waals surface area contributed by atoms with E-state index in [1.165, 1.54) is 16.7 Å². The third-order valence-corrected chi connectivity index (χ3v) is 6.88. The molecule has 2 aliphatic heterocycles. The predicted molar refractivity (Wildman–Crippen MR) is 132 cm³/mol. The second-order valence-corrected chi connectivity index (χ2v) is 9.45. The molecule has 0 bridgehead atoms. The van der Waals surface area contributed by atoms with Crippen molar-refractivity contribution in [3.8, 4) is 11.5 Å². The Hall–Kier alpha value is -3.92. The summed E-state index contributed by atoms with van der Waals surface area (Å²) < 4.78 is 38.0. The van der Waals surface area contributed by atoms with Gasteiger partial charge in [0.2, 0.25) is 18.6 Å². The third kappa shape index (κ3) is 5.03. The SMILES string of the molecule is Cc1ccccc1N=C1S[C@@H](CC(=O)Nc2ccc(F)cc2F)C(=O)N1Cc1ccc2c(c1)OCO2. The predicted octanol–water partition coefficient (Wildman–Crippen LogP) is 5.16. The number of carbonyl (C=O) groups excluding carboxylic acids is 2. The molecule has 0 saturated carbocycles. The number of carbonyl (C=O) groups is 2. The second kappa shape index (κ2) is 9.98. The summed E-state index contributed by atoms with van der Waals surface area (Å²) >= 11 is 1.18. The van der Waals surface area contributed by atoms with Crippen LogP contribution in [0.3, 0.4) is 0 Å². The van der Waals surface area contributed by atoms with Gasteiger partial charge in [-0.1, -0.05) is 36.0 Å². The molecule has 1 fully saturated rings. The fraction of sp³-hybridized carbons (Fsp3) is 0.192. The first-order valence-electron chi connectivity index (χ1n) is 11.1. The van der Waals surface area contributed by atoms with Crippen molar-refractivity contribution in [2.75, 3.05) is 12.1 Å². The van der Waals surface area contributed by atoms with E-state index >= 15 is 0 Å². The summed E-state index contributed by atoms with van der Waals surface area (Å²) in [5, 5.41) is 2.11. The van der Waals surface area contributed by atoms with E-state index in [2.05, 4.69) is 5.32 Å². The number of benzene rings is 3. The number of thioether (sulfide) groups is 1. The number of rotatable bonds is 6. The van der Waals surface area contributed by atoms with E-state index in [4.69, 9.17) is 14.5 Å². The van der Waals surface area contributed by atoms with Crippen LogP contribution in [0.15, 0.2) is 65.7 Å². The lowest BCUT2D eigenvalue weighted by Crippen LogP contribution is -2.33. The first-order valence-corrected chi connectivity index (χ1v) is 12.0. The summed E-state index contributed by atoms with van der Waals surface area (Å²) in [7, 11) is 0. The van der Waals surface area contributed by atoms with E-state index in [1.807, 2.05) is 43.3 Å². The van der Waals surface area contributed by atoms with Crippen LogP contribution in [-0.2, 0) is 16.1 Å². The van der Waals surface area contributed by atoms with E-state index < -0.39 is 22.8 Å². The number of aliphatic imine (C=N–C) groups is 1. The molecule has 0 aliphatic carbocycles. The topological polar surface area (TPSA) is 80.2 Å². The number of para-hydroxylation sites is 1. The van der Waals surface area contributed by atoms with Crippen LogP contribution in [0, 0.1) is 18.6 Å². The van der Waals surface area contributed by atoms with Gasteiger partial charge in [-0.25, -0.2) is 13.8 Å². The molecule has 3 aromatic carbocycles. The average Bonchev–Trinajstić information content (AvgIpc) is 3.42. The molecule has 2 aliphatic rings. The van der Waals surface area contributed by atoms with Crippen LogP contribution in [0.5, 0.6) is 11.5 Å². The van der Waals surface area contributed by atoms with E-state index in [9.17, 15) is 18.4 Å². The Morgan fingerprint density at radius 1 is 1.11 bits per heavy atom. The summed E-state index contributed by atoms with van der Waals surface area (Å²) in [6.07, 6.45) is -0.204. The molecule has 1 atom stereocenters. The molecule has 2 amide bonds. The van der Waals surface area contributed by atoms with Crippen molar-refractivity contribution in [3.05, 3.63) is 83.4 Å². The van der Waals surface area contributed by atoms with Gasteiger partial charge in [0.1, 0.15) is 16.9 Å². The van der Waals surface area contributed by atoms with Gasteiger partial charge in [0.25, 0.3) is 0 Å². The van der Waals surface area contributed by atoms with Crippen molar-refractivity contribution in [3.63, 3.8) is 0 Å². The van der Waals surface area contributed by atoms with Gasteiger partial charge in [0, 0.05) is 12.5 Å². The molecule has 10 heteroatoms. The Balaban J connectivity index is 1.38. The lowest BCUT2D eigenvalue weighted by atomic mass is 10.1. The maximum Gasteiger partial charge on any atom is 0.242 e. The number of hydrogen-bond donors (Lipinski definition) is 1. The maximum absolute atomic E-state index is 14.0. The van der Waals surface area contributed by atoms with Gasteiger partial charge in [-0.15, -0.1) is 0 Å². The zero-order chi connectivity index (χ0) is 25.2. The molecule has 36 heavy (non-hydrogen) atoms. The van der Waals surface area contributed by atoms with Gasteiger partial charge in [-0.2, -0.15) is 0 Å². The first-order chi connectivity index (χ1) is 17.4. The Bertz CT molecular complexity index is 1380. The van der Waals surface area contributed by atoms with Crippen molar-refractivity contribution >= 4 is 40.1 Å². The molecular formula is C26H21F2N3O4S. The van der Waals surface area contributed by atoms with Crippen LogP contribution in [0.1, 0.15) is 17.5 Å². The van der Waals surface area contributed by atoms with Gasteiger partial charge in [-0.05, 0) is 48.4 Å². The molecule has 0 spiro atoms. The van der Waals surface area contributed by atoms with Crippen molar-refractivity contribution in [1.82, 2.24) is 4.90 Å². The van der Waals surface area contributed by atoms with Crippen molar-refractivity contribution < 1.29 is 27.8 Å². The van der Waals surface area contributed by atoms with E-state index in [-0.39, 0.29) is 31.4 Å². The Morgan fingerprint density at radius 2 is 1.92 bits per heavy atom. The largest absolute Gasteiger partial charge is 0.454 e. The molecule has 184 valence electrons. The summed E-state index contributed by atoms with van der Waals surface area (Å²) in [5.41, 5.74) is 2.31. The minimum absolute atomic E-state index is 0.142. The standard InChI is InChI=1S/C26H21F2N3O4S/c1-15-4-2-3-5-19(15)30-26-31(13-16-6-9-21-22(10-16)35-14-34-21)25(33)23(36-26)12-24(32)29-20-8-7-17(27)11-18(20)28/h2-11,23H,12-14H2,1H3,(H,29,32)/t23-/m0/s1. The van der Waals surface area contributed by atoms with E-state index in [0.717, 1.165) is 23.3 Å². The Labute approximate surface area is 210 Å². The van der Waals surface area contributed by atoms with Crippen molar-refractivity contribution in [2.24, 2.45) is 4.99 Å². The highest BCUT2D eigenvalue weighted by molar-refractivity contribution is 8.15. The molecule has 1 N–H and O–H groups in total. The fourth-order valence-corrected chi connectivity index (χ4v) is 4.99. The molecule has 7 nitrogen and oxygen atoms in total. The lowest BCUT2D eigenvalue weighted by Gasteiger charge is -2.17. The average molecular weight is 510 g/mol. The summed E-state index contributed by atoms with van der Waals surface area (Å²) in [6, 6.07) is 15.8. The summed E-state index contributed by atoms with van der Waals surface area (Å²) in [6.45, 7) is 2.28. The first kappa shape index (κ1) is 23.8. The number of nitrogens with zero attached hydrogens (tertiary/aromatic N) is 2. The van der Waals surface area contributed by atoms with Gasteiger partial charge < -0.3 is 14.8 Å². The number of ether oxygens (including phenoxy) is 2. The van der Waals surface area contributed by atoms with Gasteiger partial charge in [-0.3, -0.25) is 14.5 Å². The number of halogens is 2. The molecule has 0 radical (unpaired) electrons. The molecular weight excluding hydrogens is 488 g/mol. The van der Waals surface area contributed by atoms with Crippen molar-refractivity contribution in [1.29, 1.82) is 0 Å². The highest BCUT2D eigenvalue weighted by Gasteiger charge is 2.39. The van der Waals surface area contributed by atoms with Gasteiger partial charge >= 0.3 is 0 Å². The molecule has 3 aromatic rings. The lowest BCUT2D eigenvalue weighted by molar-refractivity contribution is -0.128. The molecule has 0 unspecified atom stereocenters. The number of nitrogens with one attached hydrogen (secondary N) is 1. The van der Waals surface area contributed by atoms with Gasteiger partial charge in [0.15, 0.2) is 16.7 Å². The van der Waals surface area contributed by atoms with Crippen LogP contribution >= 0.6 is 11.8 Å². The van der Waals surface area contributed by atoms with Crippen LogP contribution < -0.4 is 14.8 Å². The van der Waals surface area contributed by atoms with Gasteiger partial charge in [0.05, 0.1) is 17.9 Å². The minimum atomic E-state index is -0.889. The zero-order valence-corrected chi connectivity index (χ0v) is 20.0. The number of amidine groups is 1. The maximum atomic E-state index is 14.0. The fourth-order valence-electron chi connectivity index (χ4n) is 3.84. The molecule has 0 aromatic heterocycles. The van der Waals surface area contributed by atoms with E-state index in [0.29, 0.717) is 28.4 Å². The Morgan fingerprint density at radius 3 is 2.72 bits per heavy atom. The normalized spacial score (nSPS) is 17.6. The minimum Gasteiger partial charge on any atom is -0.454 e. The van der Waals surface area contributed by atoms with E-state index in [1.54, 1.807) is 6.07 Å². The van der Waals surface area contributed by atoms with Crippen molar-refractivity contribution in [2.45, 2.75) is 25.1 Å². The smallest absolute Gasteiger partial charge is 0.242 e. The highest BCUT2D eigenvalue weighted by Crippen LogP contribution is 2.36. The summed E-state index contributed by atoms with van der Waals surface area (Å²) in [4.78, 5) is 32.3. The summed E-state index contributed by atoms with van der Waals surface area (Å²) in [5.74, 6) is -1.26. The monoisotopic (exact) mass is 509 g/mol.